The molecule has 0 saturated carbocycles. The highest BCUT2D eigenvalue weighted by Gasteiger charge is 2.40. The molecule has 2 aliphatic heterocycles. The minimum absolute atomic E-state index is 0.123. The Bertz CT molecular complexity index is 1130. The van der Waals surface area contributed by atoms with Crippen LogP contribution in [0.1, 0.15) is 12.0 Å². The number of hydrogen-bond donors (Lipinski definition) is 1. The normalized spacial score (nSPS) is 19.6. The Hall–Kier alpha value is -3.11. The fraction of sp³-hybridized carbons (Fsp3) is 0.417. The monoisotopic (exact) mass is 486 g/mol. The van der Waals surface area contributed by atoms with E-state index in [1.807, 2.05) is 31.2 Å². The van der Waals surface area contributed by atoms with Crippen LogP contribution in [0.3, 0.4) is 0 Å². The van der Waals surface area contributed by atoms with Gasteiger partial charge in [-0.25, -0.2) is 8.42 Å². The van der Waals surface area contributed by atoms with Crippen molar-refractivity contribution in [3.05, 3.63) is 54.1 Å². The largest absolute Gasteiger partial charge is 0.497 e. The molecule has 182 valence electrons. The number of ether oxygens (including phenoxy) is 1. The van der Waals surface area contributed by atoms with Crippen LogP contribution in [-0.2, 0) is 19.6 Å². The first kappa shape index (κ1) is 24.0. The fourth-order valence-electron chi connectivity index (χ4n) is 4.32. The van der Waals surface area contributed by atoms with Crippen molar-refractivity contribution in [1.82, 2.24) is 14.5 Å². The zero-order valence-electron chi connectivity index (χ0n) is 19.4. The molecule has 0 bridgehead atoms. The molecule has 1 atom stereocenters. The Morgan fingerprint density at radius 3 is 2.26 bits per heavy atom. The Morgan fingerprint density at radius 1 is 1.00 bits per heavy atom. The van der Waals surface area contributed by atoms with Crippen LogP contribution in [0.4, 0.5) is 5.69 Å². The molecule has 2 heterocycles. The molecule has 0 spiro atoms. The Balaban J connectivity index is 1.42. The highest BCUT2D eigenvalue weighted by Crippen LogP contribution is 2.24. The Kier molecular flexibility index (Phi) is 7.08. The summed E-state index contributed by atoms with van der Waals surface area (Å²) in [5.74, 6) is 0.126. The summed E-state index contributed by atoms with van der Waals surface area (Å²) in [6.07, 6.45) is -0.181. The maximum absolute atomic E-state index is 13.3. The number of carbonyl (C=O) groups is 2. The van der Waals surface area contributed by atoms with Gasteiger partial charge in [0.05, 0.1) is 18.4 Å². The topological polar surface area (TPSA) is 99.3 Å². The number of sulfonamides is 1. The van der Waals surface area contributed by atoms with Gasteiger partial charge in [0.1, 0.15) is 11.8 Å². The van der Waals surface area contributed by atoms with Crippen LogP contribution >= 0.6 is 0 Å². The molecule has 34 heavy (non-hydrogen) atoms. The van der Waals surface area contributed by atoms with E-state index in [-0.39, 0.29) is 30.3 Å². The van der Waals surface area contributed by atoms with E-state index in [1.165, 1.54) is 16.4 Å². The van der Waals surface area contributed by atoms with E-state index in [9.17, 15) is 18.0 Å². The summed E-state index contributed by atoms with van der Waals surface area (Å²) in [6, 6.07) is 13.2. The average Bonchev–Trinajstić information content (AvgIpc) is 2.85. The standard InChI is InChI=1S/C24H30N4O5S/c1-18-3-9-21(10-4-18)34(31,32)28-12-11-25-24(30)22(28)17-23(29)27-15-13-26(14-16-27)19-5-7-20(33-2)8-6-19/h3-10,22H,11-17H2,1-2H3,(H,25,30)/t22-/m1/s1. The van der Waals surface area contributed by atoms with Gasteiger partial charge in [-0.15, -0.1) is 0 Å². The van der Waals surface area contributed by atoms with Gasteiger partial charge >= 0.3 is 0 Å². The lowest BCUT2D eigenvalue weighted by atomic mass is 10.1. The Morgan fingerprint density at radius 2 is 1.65 bits per heavy atom. The molecule has 9 nitrogen and oxygen atoms in total. The van der Waals surface area contributed by atoms with Gasteiger partial charge < -0.3 is 19.9 Å². The van der Waals surface area contributed by atoms with E-state index in [0.717, 1.165) is 17.0 Å². The first-order valence-corrected chi connectivity index (χ1v) is 12.8. The smallest absolute Gasteiger partial charge is 0.243 e. The molecule has 0 radical (unpaired) electrons. The highest BCUT2D eigenvalue weighted by molar-refractivity contribution is 7.89. The number of benzene rings is 2. The predicted octanol–water partition coefficient (Wildman–Crippen LogP) is 1.23. The molecule has 2 amide bonds. The maximum atomic E-state index is 13.3. The van der Waals surface area contributed by atoms with Gasteiger partial charge in [0.25, 0.3) is 0 Å². The lowest BCUT2D eigenvalue weighted by Gasteiger charge is -2.38. The average molecular weight is 487 g/mol. The fourth-order valence-corrected chi connectivity index (χ4v) is 5.91. The summed E-state index contributed by atoms with van der Waals surface area (Å²) < 4.78 is 32.9. The molecule has 10 heteroatoms. The van der Waals surface area contributed by atoms with Gasteiger partial charge in [-0.2, -0.15) is 4.31 Å². The second-order valence-corrected chi connectivity index (χ2v) is 10.4. The third-order valence-corrected chi connectivity index (χ3v) is 8.27. The molecule has 2 aliphatic rings. The van der Waals surface area contributed by atoms with Crippen molar-refractivity contribution in [2.45, 2.75) is 24.3 Å². The minimum atomic E-state index is -3.90. The summed E-state index contributed by atoms with van der Waals surface area (Å²) in [4.78, 5) is 29.7. The zero-order chi connectivity index (χ0) is 24.3. The third kappa shape index (κ3) is 5.02. The van der Waals surface area contributed by atoms with Crippen molar-refractivity contribution in [2.24, 2.45) is 0 Å². The highest BCUT2D eigenvalue weighted by atomic mass is 32.2. The van der Waals surface area contributed by atoms with Gasteiger partial charge in [0.15, 0.2) is 0 Å². The molecular weight excluding hydrogens is 456 g/mol. The quantitative estimate of drug-likeness (QED) is 0.660. The second kappa shape index (κ2) is 10.0. The molecule has 4 rings (SSSR count). The second-order valence-electron chi connectivity index (χ2n) is 8.51. The van der Waals surface area contributed by atoms with E-state index >= 15 is 0 Å². The van der Waals surface area contributed by atoms with E-state index in [4.69, 9.17) is 4.74 Å². The molecule has 2 fully saturated rings. The molecule has 2 aromatic carbocycles. The third-order valence-electron chi connectivity index (χ3n) is 6.35. The molecule has 2 aromatic rings. The maximum Gasteiger partial charge on any atom is 0.243 e. The van der Waals surface area contributed by atoms with E-state index in [2.05, 4.69) is 10.2 Å². The predicted molar refractivity (Wildman–Crippen MR) is 128 cm³/mol. The summed E-state index contributed by atoms with van der Waals surface area (Å²) in [5.41, 5.74) is 1.99. The number of piperazine rings is 2. The number of hydrogen-bond acceptors (Lipinski definition) is 6. The molecule has 1 N–H and O–H groups in total. The van der Waals surface area contributed by atoms with Crippen LogP contribution < -0.4 is 15.0 Å². The summed E-state index contributed by atoms with van der Waals surface area (Å²) in [6.45, 7) is 4.54. The number of nitrogens with one attached hydrogen (secondary N) is 1. The van der Waals surface area contributed by atoms with Crippen molar-refractivity contribution in [3.63, 3.8) is 0 Å². The van der Waals surface area contributed by atoms with Gasteiger partial charge in [-0.05, 0) is 43.3 Å². The van der Waals surface area contributed by atoms with Crippen molar-refractivity contribution >= 4 is 27.5 Å². The summed E-state index contributed by atoms with van der Waals surface area (Å²) in [7, 11) is -2.28. The minimum Gasteiger partial charge on any atom is -0.497 e. The van der Waals surface area contributed by atoms with Crippen molar-refractivity contribution in [1.29, 1.82) is 0 Å². The lowest BCUT2D eigenvalue weighted by Crippen LogP contribution is -2.59. The molecule has 0 aromatic heterocycles. The number of anilines is 1. The van der Waals surface area contributed by atoms with Crippen LogP contribution in [0.25, 0.3) is 0 Å². The van der Waals surface area contributed by atoms with Gasteiger partial charge in [-0.1, -0.05) is 17.7 Å². The van der Waals surface area contributed by atoms with E-state index < -0.39 is 22.0 Å². The number of rotatable bonds is 6. The van der Waals surface area contributed by atoms with Crippen LogP contribution in [0, 0.1) is 6.92 Å². The number of carbonyl (C=O) groups excluding carboxylic acids is 2. The van der Waals surface area contributed by atoms with Crippen molar-refractivity contribution in [2.75, 3.05) is 51.3 Å². The Labute approximate surface area is 200 Å². The van der Waals surface area contributed by atoms with Crippen LogP contribution in [-0.4, -0.2) is 81.9 Å². The number of aryl methyl sites for hydroxylation is 1. The number of methoxy groups -OCH3 is 1. The van der Waals surface area contributed by atoms with Gasteiger partial charge in [0.2, 0.25) is 21.8 Å². The first-order chi connectivity index (χ1) is 16.3. The van der Waals surface area contributed by atoms with E-state index in [1.54, 1.807) is 24.1 Å². The van der Waals surface area contributed by atoms with Crippen LogP contribution in [0.15, 0.2) is 53.4 Å². The van der Waals surface area contributed by atoms with E-state index in [0.29, 0.717) is 26.2 Å². The molecule has 0 aliphatic carbocycles. The lowest BCUT2D eigenvalue weighted by molar-refractivity contribution is -0.137. The summed E-state index contributed by atoms with van der Waals surface area (Å²) in [5, 5.41) is 2.71. The zero-order valence-corrected chi connectivity index (χ0v) is 20.3. The number of nitrogens with zero attached hydrogens (tertiary/aromatic N) is 3. The molecule has 0 unspecified atom stereocenters. The van der Waals surface area contributed by atoms with Crippen molar-refractivity contribution in [3.8, 4) is 5.75 Å². The van der Waals surface area contributed by atoms with Crippen molar-refractivity contribution < 1.29 is 22.7 Å². The summed E-state index contributed by atoms with van der Waals surface area (Å²) >= 11 is 0. The number of amides is 2. The molecule has 2 saturated heterocycles. The van der Waals surface area contributed by atoms with Gasteiger partial charge in [-0.3, -0.25) is 9.59 Å². The molecular formula is C24H30N4O5S. The first-order valence-electron chi connectivity index (χ1n) is 11.3. The SMILES string of the molecule is COc1ccc(N2CCN(C(=O)C[C@@H]3C(=O)NCCN3S(=O)(=O)c3ccc(C)cc3)CC2)cc1. The van der Waals surface area contributed by atoms with Crippen LogP contribution in [0.2, 0.25) is 0 Å². The van der Waals surface area contributed by atoms with Gasteiger partial charge in [0, 0.05) is 45.0 Å². The van der Waals surface area contributed by atoms with Crippen LogP contribution in [0.5, 0.6) is 5.75 Å².